The lowest BCUT2D eigenvalue weighted by Crippen LogP contribution is -2.50. The van der Waals surface area contributed by atoms with E-state index in [0.29, 0.717) is 19.3 Å². The van der Waals surface area contributed by atoms with Gasteiger partial charge in [-0.25, -0.2) is 4.79 Å². The summed E-state index contributed by atoms with van der Waals surface area (Å²) in [6.07, 6.45) is 62.1. The quantitative estimate of drug-likeness (QED) is 0.0281. The number of carboxylic acids is 1. The molecule has 0 aromatic heterocycles. The molecule has 2 atom stereocenters. The van der Waals surface area contributed by atoms with Gasteiger partial charge in [-0.3, -0.25) is 9.59 Å². The van der Waals surface area contributed by atoms with Gasteiger partial charge in [0.25, 0.3) is 0 Å². The van der Waals surface area contributed by atoms with Crippen molar-refractivity contribution >= 4 is 17.9 Å². The van der Waals surface area contributed by atoms with Crippen molar-refractivity contribution in [3.05, 3.63) is 36.5 Å². The summed E-state index contributed by atoms with van der Waals surface area (Å²) in [5.74, 6) is -1.45. The highest BCUT2D eigenvalue weighted by Crippen LogP contribution is 2.17. The summed E-state index contributed by atoms with van der Waals surface area (Å²) in [7, 11) is 5.55. The SMILES string of the molecule is CC/C=C/C/C=C/CCCCCCCCCCCCCCCCC(=O)OCC(COCCC(C(=O)O)[N+](C)(C)C)OC(=O)CCCCCCCCC/C=C/CCCCCCCCCCCCCC. The monoisotopic (exact) mass is 959 g/mol. The van der Waals surface area contributed by atoms with Gasteiger partial charge in [0.05, 0.1) is 34.4 Å². The van der Waals surface area contributed by atoms with Gasteiger partial charge in [-0.2, -0.15) is 0 Å². The predicted octanol–water partition coefficient (Wildman–Crippen LogP) is 17.3. The molecule has 0 rings (SSSR count). The summed E-state index contributed by atoms with van der Waals surface area (Å²) in [5, 5.41) is 9.68. The van der Waals surface area contributed by atoms with E-state index in [-0.39, 0.29) is 36.2 Å². The van der Waals surface area contributed by atoms with Crippen LogP contribution in [0.5, 0.6) is 0 Å². The van der Waals surface area contributed by atoms with Gasteiger partial charge in [-0.1, -0.05) is 230 Å². The number of hydrogen-bond acceptors (Lipinski definition) is 6. The number of ether oxygens (including phenoxy) is 3. The Morgan fingerprint density at radius 1 is 0.456 bits per heavy atom. The molecule has 2 unspecified atom stereocenters. The summed E-state index contributed by atoms with van der Waals surface area (Å²) in [6.45, 7) is 4.68. The Bertz CT molecular complexity index is 1210. The second-order valence-electron chi connectivity index (χ2n) is 20.9. The van der Waals surface area contributed by atoms with Crippen LogP contribution in [0.15, 0.2) is 36.5 Å². The molecule has 0 amide bonds. The van der Waals surface area contributed by atoms with Crippen molar-refractivity contribution in [2.24, 2.45) is 0 Å². The minimum atomic E-state index is -0.872. The maximum absolute atomic E-state index is 12.8. The van der Waals surface area contributed by atoms with Crippen LogP contribution in [0.25, 0.3) is 0 Å². The highest BCUT2D eigenvalue weighted by atomic mass is 16.6. The van der Waals surface area contributed by atoms with Crippen molar-refractivity contribution in [3.63, 3.8) is 0 Å². The number of aliphatic carboxylic acids is 1. The van der Waals surface area contributed by atoms with Gasteiger partial charge in [0.1, 0.15) is 6.61 Å². The lowest BCUT2D eigenvalue weighted by Gasteiger charge is -2.31. The number of allylic oxidation sites excluding steroid dienone is 6. The number of carboxylic acid groups (broad SMARTS) is 1. The topological polar surface area (TPSA) is 99.1 Å². The maximum Gasteiger partial charge on any atom is 0.362 e. The average molecular weight is 960 g/mol. The van der Waals surface area contributed by atoms with Crippen LogP contribution in [0.1, 0.15) is 277 Å². The van der Waals surface area contributed by atoms with Crippen LogP contribution in [-0.4, -0.2) is 80.6 Å². The van der Waals surface area contributed by atoms with Crippen LogP contribution in [0.3, 0.4) is 0 Å². The Morgan fingerprint density at radius 2 is 0.824 bits per heavy atom. The summed E-state index contributed by atoms with van der Waals surface area (Å²) >= 11 is 0. The minimum Gasteiger partial charge on any atom is -0.477 e. The molecule has 0 aromatic carbocycles. The standard InChI is InChI=1S/C60H111NO7/c1-6-8-10-12-14-16-18-20-22-24-26-28-29-31-33-35-37-39-41-43-45-47-49-51-59(63)68-56(54-66-53-52-57(60(64)65)61(3,4)5)55-67-58(62)50-48-46-44-42-40-38-36-34-32-30-27-25-23-21-19-17-15-13-11-9-7-2/h9,11,15,17,31,33,56-57H,6-8,10,12-14,16,18-30,32,34-55H2,1-5H3/p+1/b11-9+,17-15+,33-31+. The van der Waals surface area contributed by atoms with Gasteiger partial charge in [-0.05, 0) is 64.2 Å². The van der Waals surface area contributed by atoms with Crippen molar-refractivity contribution in [2.75, 3.05) is 41.0 Å². The third kappa shape index (κ3) is 48.6. The number of hydrogen-bond donors (Lipinski definition) is 1. The summed E-state index contributed by atoms with van der Waals surface area (Å²) < 4.78 is 17.4. The number of nitrogens with zero attached hydrogens (tertiary/aromatic N) is 1. The first-order chi connectivity index (χ1) is 33.1. The average Bonchev–Trinajstić information content (AvgIpc) is 3.30. The molecule has 0 aromatic rings. The van der Waals surface area contributed by atoms with E-state index in [2.05, 4.69) is 50.3 Å². The summed E-state index contributed by atoms with van der Waals surface area (Å²) in [4.78, 5) is 37.3. The maximum atomic E-state index is 12.8. The number of carbonyl (C=O) groups is 3. The van der Waals surface area contributed by atoms with Crippen molar-refractivity contribution in [1.82, 2.24) is 0 Å². The first-order valence-electron chi connectivity index (χ1n) is 29.0. The number of rotatable bonds is 53. The molecule has 0 radical (unpaired) electrons. The Kier molecular flexibility index (Phi) is 49.1. The fourth-order valence-electron chi connectivity index (χ4n) is 8.83. The molecule has 0 saturated carbocycles. The van der Waals surface area contributed by atoms with E-state index in [1.165, 1.54) is 193 Å². The molecule has 1 N–H and O–H groups in total. The van der Waals surface area contributed by atoms with Crippen LogP contribution in [0.4, 0.5) is 0 Å². The zero-order valence-electron chi connectivity index (χ0n) is 45.6. The molecule has 0 saturated heterocycles. The fourth-order valence-corrected chi connectivity index (χ4v) is 8.83. The Morgan fingerprint density at radius 3 is 1.22 bits per heavy atom. The third-order valence-corrected chi connectivity index (χ3v) is 13.3. The molecule has 8 heteroatoms. The van der Waals surface area contributed by atoms with E-state index in [9.17, 15) is 19.5 Å². The minimum absolute atomic E-state index is 0.0497. The van der Waals surface area contributed by atoms with E-state index in [0.717, 1.165) is 51.4 Å². The lowest BCUT2D eigenvalue weighted by atomic mass is 10.0. The molecule has 0 fully saturated rings. The second kappa shape index (κ2) is 50.9. The molecule has 0 spiro atoms. The predicted molar refractivity (Wildman–Crippen MR) is 289 cm³/mol. The van der Waals surface area contributed by atoms with Crippen LogP contribution in [-0.2, 0) is 28.6 Å². The van der Waals surface area contributed by atoms with E-state index in [1.54, 1.807) is 0 Å². The Balaban J connectivity index is 4.14. The Labute approximate surface area is 421 Å². The molecular weight excluding hydrogens is 847 g/mol. The second-order valence-corrected chi connectivity index (χ2v) is 20.9. The number of likely N-dealkylation sites (N-methyl/N-ethyl adjacent to an activating group) is 1. The van der Waals surface area contributed by atoms with Crippen LogP contribution in [0.2, 0.25) is 0 Å². The van der Waals surface area contributed by atoms with E-state index in [4.69, 9.17) is 14.2 Å². The molecule has 0 bridgehead atoms. The first-order valence-corrected chi connectivity index (χ1v) is 29.0. The highest BCUT2D eigenvalue weighted by Gasteiger charge is 2.31. The van der Waals surface area contributed by atoms with Gasteiger partial charge < -0.3 is 23.8 Å². The zero-order chi connectivity index (χ0) is 49.9. The largest absolute Gasteiger partial charge is 0.477 e. The van der Waals surface area contributed by atoms with Gasteiger partial charge >= 0.3 is 17.9 Å². The fraction of sp³-hybridized carbons (Fsp3) is 0.850. The molecule has 0 aliphatic carbocycles. The molecule has 0 aliphatic rings. The van der Waals surface area contributed by atoms with Gasteiger partial charge in [0.2, 0.25) is 0 Å². The van der Waals surface area contributed by atoms with Crippen molar-refractivity contribution in [2.45, 2.75) is 289 Å². The molecule has 398 valence electrons. The first kappa shape index (κ1) is 65.5. The van der Waals surface area contributed by atoms with Crippen LogP contribution < -0.4 is 0 Å². The Hall–Kier alpha value is -2.45. The highest BCUT2D eigenvalue weighted by molar-refractivity contribution is 5.72. The lowest BCUT2D eigenvalue weighted by molar-refractivity contribution is -0.887. The van der Waals surface area contributed by atoms with Crippen molar-refractivity contribution in [3.8, 4) is 0 Å². The van der Waals surface area contributed by atoms with Crippen molar-refractivity contribution in [1.29, 1.82) is 0 Å². The third-order valence-electron chi connectivity index (χ3n) is 13.3. The molecular formula is C60H112NO7+. The van der Waals surface area contributed by atoms with E-state index < -0.39 is 18.1 Å². The van der Waals surface area contributed by atoms with Crippen LogP contribution >= 0.6 is 0 Å². The molecule has 0 aliphatic heterocycles. The number of quaternary nitrogens is 1. The molecule has 8 nitrogen and oxygen atoms in total. The van der Waals surface area contributed by atoms with Gasteiger partial charge in [0.15, 0.2) is 12.1 Å². The number of esters is 2. The van der Waals surface area contributed by atoms with Crippen molar-refractivity contribution < 1.29 is 38.2 Å². The normalized spacial score (nSPS) is 13.0. The smallest absolute Gasteiger partial charge is 0.362 e. The van der Waals surface area contributed by atoms with Gasteiger partial charge in [-0.15, -0.1) is 0 Å². The number of carbonyl (C=O) groups excluding carboxylic acids is 2. The van der Waals surface area contributed by atoms with E-state index in [1.807, 2.05) is 21.1 Å². The molecule has 68 heavy (non-hydrogen) atoms. The molecule has 0 heterocycles. The summed E-state index contributed by atoms with van der Waals surface area (Å²) in [5.41, 5.74) is 0. The van der Waals surface area contributed by atoms with Gasteiger partial charge in [0, 0.05) is 19.3 Å². The summed E-state index contributed by atoms with van der Waals surface area (Å²) in [6, 6.07) is -0.615. The zero-order valence-corrected chi connectivity index (χ0v) is 45.6. The number of unbranched alkanes of at least 4 members (excludes halogenated alkanes) is 33. The van der Waals surface area contributed by atoms with E-state index >= 15 is 0 Å². The van der Waals surface area contributed by atoms with Crippen LogP contribution in [0, 0.1) is 0 Å².